The van der Waals surface area contributed by atoms with E-state index in [2.05, 4.69) is 114 Å². The van der Waals surface area contributed by atoms with E-state index in [9.17, 15) is 0 Å². The van der Waals surface area contributed by atoms with Crippen LogP contribution in [-0.2, 0) is 4.57 Å². The first-order valence-electron chi connectivity index (χ1n) is 16.6. The number of para-hydroxylation sites is 2. The SMILES string of the molecule is O=P(c1ccccc1)(c1ccccc1)c1ccc2cc(-c3ccc4c5ccc6ccccc6c5c5nc6ccccc6n5c4c3)ccc2c1. The molecule has 4 heteroatoms. The monoisotopic (exact) mass is 644 g/mol. The summed E-state index contributed by atoms with van der Waals surface area (Å²) >= 11 is 0. The van der Waals surface area contributed by atoms with Crippen molar-refractivity contribution in [2.75, 3.05) is 0 Å². The molecule has 3 nitrogen and oxygen atoms in total. The molecule has 0 amide bonds. The number of hydrogen-bond acceptors (Lipinski definition) is 2. The molecule has 2 aromatic heterocycles. The Morgan fingerprint density at radius 2 is 1.04 bits per heavy atom. The van der Waals surface area contributed by atoms with Gasteiger partial charge in [0.25, 0.3) is 0 Å². The highest BCUT2D eigenvalue weighted by atomic mass is 31.2. The zero-order chi connectivity index (χ0) is 32.5. The van der Waals surface area contributed by atoms with Gasteiger partial charge in [-0.25, -0.2) is 4.98 Å². The van der Waals surface area contributed by atoms with E-state index in [1.54, 1.807) is 0 Å². The van der Waals surface area contributed by atoms with Crippen molar-refractivity contribution in [2.24, 2.45) is 0 Å². The van der Waals surface area contributed by atoms with Crippen LogP contribution in [0.25, 0.3) is 71.0 Å². The third-order valence-electron chi connectivity index (χ3n) is 10.0. The van der Waals surface area contributed by atoms with Crippen molar-refractivity contribution in [3.05, 3.63) is 176 Å². The lowest BCUT2D eigenvalue weighted by Gasteiger charge is -2.20. The van der Waals surface area contributed by atoms with Crippen LogP contribution < -0.4 is 15.9 Å². The zero-order valence-corrected chi connectivity index (χ0v) is 27.4. The Balaban J connectivity index is 1.16. The van der Waals surface area contributed by atoms with Crippen molar-refractivity contribution >= 4 is 83.0 Å². The molecule has 0 bridgehead atoms. The van der Waals surface area contributed by atoms with Gasteiger partial charge in [-0.2, -0.15) is 0 Å². The van der Waals surface area contributed by atoms with Crippen LogP contribution in [0.4, 0.5) is 0 Å². The molecular formula is C45H29N2OP. The van der Waals surface area contributed by atoms with Crippen molar-refractivity contribution in [2.45, 2.75) is 0 Å². The van der Waals surface area contributed by atoms with E-state index in [0.717, 1.165) is 60.0 Å². The molecule has 0 aliphatic carbocycles. The lowest BCUT2D eigenvalue weighted by molar-refractivity contribution is 0.592. The van der Waals surface area contributed by atoms with Crippen molar-refractivity contribution in [1.29, 1.82) is 0 Å². The molecule has 10 aromatic rings. The highest BCUT2D eigenvalue weighted by Gasteiger charge is 2.29. The molecule has 10 rings (SSSR count). The van der Waals surface area contributed by atoms with E-state index in [0.29, 0.717) is 0 Å². The maximum absolute atomic E-state index is 15.0. The first-order chi connectivity index (χ1) is 24.2. The van der Waals surface area contributed by atoms with Gasteiger partial charge in [-0.05, 0) is 68.4 Å². The minimum Gasteiger partial charge on any atom is -0.309 e. The summed E-state index contributed by atoms with van der Waals surface area (Å²) in [6.07, 6.45) is 0. The fourth-order valence-electron chi connectivity index (χ4n) is 7.63. The number of imidazole rings is 1. The molecule has 0 aliphatic rings. The van der Waals surface area contributed by atoms with E-state index in [1.807, 2.05) is 66.7 Å². The molecule has 49 heavy (non-hydrogen) atoms. The molecule has 0 saturated carbocycles. The Labute approximate surface area is 283 Å². The molecule has 0 saturated heterocycles. The predicted octanol–water partition coefficient (Wildman–Crippen LogP) is 10.4. The van der Waals surface area contributed by atoms with E-state index < -0.39 is 7.14 Å². The summed E-state index contributed by atoms with van der Waals surface area (Å²) in [6.45, 7) is 0. The zero-order valence-electron chi connectivity index (χ0n) is 26.5. The highest BCUT2D eigenvalue weighted by molar-refractivity contribution is 7.85. The molecule has 2 heterocycles. The quantitative estimate of drug-likeness (QED) is 0.141. The summed E-state index contributed by atoms with van der Waals surface area (Å²) in [5.74, 6) is 0. The number of rotatable bonds is 4. The third-order valence-corrected chi connectivity index (χ3v) is 13.1. The summed E-state index contributed by atoms with van der Waals surface area (Å²) in [6, 6.07) is 60.8. The number of hydrogen-bond donors (Lipinski definition) is 0. The Bertz CT molecular complexity index is 2920. The van der Waals surface area contributed by atoms with Gasteiger partial charge < -0.3 is 4.57 Å². The van der Waals surface area contributed by atoms with E-state index in [1.165, 1.54) is 26.9 Å². The smallest absolute Gasteiger partial charge is 0.171 e. The molecule has 0 aliphatic heterocycles. The topological polar surface area (TPSA) is 34.4 Å². The third kappa shape index (κ3) is 4.23. The van der Waals surface area contributed by atoms with Gasteiger partial charge >= 0.3 is 0 Å². The summed E-state index contributed by atoms with van der Waals surface area (Å²) in [7, 11) is -3.06. The standard InChI is InChI=1S/C45H29N2OP/c48-49(35-12-3-1-4-13-35,36-14-5-2-6-15-36)37-24-21-32-27-31(19-20-33(32)28-37)34-23-25-39-40-26-22-30-11-7-8-16-38(30)44(40)45-46-41-17-9-10-18-42(41)47(45)43(39)29-34/h1-29H. The van der Waals surface area contributed by atoms with Crippen molar-refractivity contribution in [3.8, 4) is 11.1 Å². The second-order valence-electron chi connectivity index (χ2n) is 12.7. The van der Waals surface area contributed by atoms with Gasteiger partial charge in [0.2, 0.25) is 0 Å². The first kappa shape index (κ1) is 28.0. The van der Waals surface area contributed by atoms with Crippen LogP contribution in [-0.4, -0.2) is 9.38 Å². The van der Waals surface area contributed by atoms with Crippen molar-refractivity contribution < 1.29 is 4.57 Å². The normalized spacial score (nSPS) is 12.2. The summed E-state index contributed by atoms with van der Waals surface area (Å²) in [5.41, 5.74) is 6.46. The van der Waals surface area contributed by atoms with Gasteiger partial charge in [0.15, 0.2) is 7.14 Å². The van der Waals surface area contributed by atoms with Crippen LogP contribution in [0.1, 0.15) is 0 Å². The maximum atomic E-state index is 15.0. The molecule has 8 aromatic carbocycles. The van der Waals surface area contributed by atoms with Gasteiger partial charge in [-0.15, -0.1) is 0 Å². The maximum Gasteiger partial charge on any atom is 0.171 e. The number of fused-ring (bicyclic) bond motifs is 11. The fourth-order valence-corrected chi connectivity index (χ4v) is 10.3. The molecular weight excluding hydrogens is 615 g/mol. The fraction of sp³-hybridized carbons (Fsp3) is 0. The molecule has 0 radical (unpaired) electrons. The largest absolute Gasteiger partial charge is 0.309 e. The average molecular weight is 645 g/mol. The van der Waals surface area contributed by atoms with Gasteiger partial charge in [0.1, 0.15) is 5.65 Å². The van der Waals surface area contributed by atoms with Crippen LogP contribution in [0.3, 0.4) is 0 Å². The van der Waals surface area contributed by atoms with E-state index >= 15 is 4.57 Å². The van der Waals surface area contributed by atoms with Crippen LogP contribution in [0.15, 0.2) is 176 Å². The van der Waals surface area contributed by atoms with Gasteiger partial charge in [0.05, 0.1) is 16.6 Å². The summed E-state index contributed by atoms with van der Waals surface area (Å²) < 4.78 is 17.3. The minimum atomic E-state index is -3.06. The second kappa shape index (κ2) is 10.8. The van der Waals surface area contributed by atoms with Crippen LogP contribution in [0.5, 0.6) is 0 Å². The Morgan fingerprint density at radius 1 is 0.429 bits per heavy atom. The number of nitrogens with zero attached hydrogens (tertiary/aromatic N) is 2. The summed E-state index contributed by atoms with van der Waals surface area (Å²) in [4.78, 5) is 5.20. The van der Waals surface area contributed by atoms with Gasteiger partial charge in [0, 0.05) is 26.7 Å². The molecule has 0 N–H and O–H groups in total. The van der Waals surface area contributed by atoms with Crippen LogP contribution in [0, 0.1) is 0 Å². The molecule has 0 atom stereocenters. The van der Waals surface area contributed by atoms with Crippen molar-refractivity contribution in [3.63, 3.8) is 0 Å². The number of aromatic nitrogens is 2. The molecule has 0 fully saturated rings. The van der Waals surface area contributed by atoms with Gasteiger partial charge in [-0.3, -0.25) is 4.40 Å². The summed E-state index contributed by atoms with van der Waals surface area (Å²) in [5, 5.41) is 10.7. The van der Waals surface area contributed by atoms with Gasteiger partial charge in [-0.1, -0.05) is 146 Å². The van der Waals surface area contributed by atoms with Crippen LogP contribution in [0.2, 0.25) is 0 Å². The van der Waals surface area contributed by atoms with E-state index in [4.69, 9.17) is 4.98 Å². The van der Waals surface area contributed by atoms with Crippen LogP contribution >= 0.6 is 7.14 Å². The Kier molecular flexibility index (Phi) is 6.15. The molecule has 0 unspecified atom stereocenters. The number of pyridine rings is 1. The first-order valence-corrected chi connectivity index (χ1v) is 18.3. The van der Waals surface area contributed by atoms with Crippen molar-refractivity contribution in [1.82, 2.24) is 9.38 Å². The minimum absolute atomic E-state index is 0.838. The lowest BCUT2D eigenvalue weighted by Crippen LogP contribution is -2.24. The highest BCUT2D eigenvalue weighted by Crippen LogP contribution is 2.43. The number of benzene rings is 8. The van der Waals surface area contributed by atoms with E-state index in [-0.39, 0.29) is 0 Å². The second-order valence-corrected chi connectivity index (χ2v) is 15.5. The lowest BCUT2D eigenvalue weighted by atomic mass is 9.96. The Morgan fingerprint density at radius 3 is 1.86 bits per heavy atom. The molecule has 0 spiro atoms. The molecule has 230 valence electrons. The Hall–Kier alpha value is -6.02. The average Bonchev–Trinajstić information content (AvgIpc) is 3.57. The predicted molar refractivity (Wildman–Crippen MR) is 208 cm³/mol.